The van der Waals surface area contributed by atoms with E-state index in [4.69, 9.17) is 0 Å². The fourth-order valence-corrected chi connectivity index (χ4v) is 5.47. The first-order valence-corrected chi connectivity index (χ1v) is 12.2. The number of benzene rings is 3. The summed E-state index contributed by atoms with van der Waals surface area (Å²) in [6.07, 6.45) is 8.68. The van der Waals surface area contributed by atoms with Gasteiger partial charge in [-0.05, 0) is 94.4 Å². The average molecular weight is 569 g/mol. The molecule has 3 aromatic carbocycles. The van der Waals surface area contributed by atoms with Crippen molar-refractivity contribution in [1.82, 2.24) is 19.9 Å². The Kier molecular flexibility index (Phi) is 4.97. The van der Waals surface area contributed by atoms with Gasteiger partial charge < -0.3 is 19.9 Å². The smallest absolute Gasteiger partial charge is 0.0492 e. The zero-order valence-corrected chi connectivity index (χ0v) is 21.3. The van der Waals surface area contributed by atoms with E-state index in [0.717, 1.165) is 44.2 Å². The van der Waals surface area contributed by atoms with Crippen LogP contribution in [0.5, 0.6) is 0 Å². The zero-order valence-electron chi connectivity index (χ0n) is 19.7. The maximum atomic E-state index is 3.73. The number of aromatic amines is 4. The molecule has 4 nitrogen and oxygen atoms in total. The van der Waals surface area contributed by atoms with E-state index in [1.54, 1.807) is 0 Å². The van der Waals surface area contributed by atoms with Gasteiger partial charge in [-0.25, -0.2) is 0 Å². The minimum Gasteiger partial charge on any atom is -0.355 e. The second-order valence-electron chi connectivity index (χ2n) is 9.55. The Morgan fingerprint density at radius 1 is 0.405 bits per heavy atom. The van der Waals surface area contributed by atoms with Crippen molar-refractivity contribution in [2.45, 2.75) is 0 Å². The standard InChI is InChI=1S/C32H22N4.Pd/c1-2-4-20-14-29-21(13-19(20)3-1)5-12-28-30-17-26-10-8-24(34-26)15-22-6-7-23(33-22)16-25-9-11-27(35-25)18-31(36-30)32(28)29;/h1-18,33-36H;. The van der Waals surface area contributed by atoms with Crippen LogP contribution in [0.25, 0.3) is 56.6 Å². The third-order valence-electron chi connectivity index (χ3n) is 7.13. The van der Waals surface area contributed by atoms with Crippen LogP contribution in [-0.2, 0) is 20.4 Å². The molecule has 4 aromatic heterocycles. The van der Waals surface area contributed by atoms with Gasteiger partial charge in [-0.15, -0.1) is 0 Å². The molecular formula is C32H22N4Pd. The van der Waals surface area contributed by atoms with Crippen molar-refractivity contribution in [3.63, 3.8) is 0 Å². The second kappa shape index (κ2) is 8.38. The topological polar surface area (TPSA) is 63.2 Å². The largest absolute Gasteiger partial charge is 0.355 e. The van der Waals surface area contributed by atoms with Crippen LogP contribution in [0.2, 0.25) is 0 Å². The first-order valence-electron chi connectivity index (χ1n) is 12.2. The van der Waals surface area contributed by atoms with E-state index in [9.17, 15) is 0 Å². The molecular weight excluding hydrogens is 547 g/mol. The van der Waals surface area contributed by atoms with Crippen molar-refractivity contribution in [2.24, 2.45) is 0 Å². The maximum absolute atomic E-state index is 3.73. The summed E-state index contributed by atoms with van der Waals surface area (Å²) in [5.41, 5.74) is 4.23. The number of rotatable bonds is 0. The molecule has 0 atom stereocenters. The van der Waals surface area contributed by atoms with Crippen LogP contribution >= 0.6 is 0 Å². The van der Waals surface area contributed by atoms with Crippen molar-refractivity contribution in [3.8, 4) is 0 Å². The molecule has 0 spiro atoms. The molecule has 8 bridgehead atoms. The predicted octanol–water partition coefficient (Wildman–Crippen LogP) is 4.08. The zero-order chi connectivity index (χ0) is 23.6. The number of hydrogen-bond acceptors (Lipinski definition) is 0. The van der Waals surface area contributed by atoms with Gasteiger partial charge in [0.15, 0.2) is 0 Å². The summed E-state index contributed by atoms with van der Waals surface area (Å²) < 4.78 is 0. The van der Waals surface area contributed by atoms with Gasteiger partial charge in [0.25, 0.3) is 0 Å². The van der Waals surface area contributed by atoms with Gasteiger partial charge in [-0.1, -0.05) is 36.4 Å². The van der Waals surface area contributed by atoms with Gasteiger partial charge >= 0.3 is 0 Å². The van der Waals surface area contributed by atoms with Crippen LogP contribution in [0, 0.1) is 0 Å². The van der Waals surface area contributed by atoms with Crippen molar-refractivity contribution in [1.29, 1.82) is 0 Å². The van der Waals surface area contributed by atoms with Crippen molar-refractivity contribution >= 4 is 56.6 Å². The molecule has 37 heavy (non-hydrogen) atoms. The van der Waals surface area contributed by atoms with Gasteiger partial charge in [-0.2, -0.15) is 0 Å². The molecule has 1 aliphatic rings. The van der Waals surface area contributed by atoms with Gasteiger partial charge in [0, 0.05) is 75.4 Å². The Labute approximate surface area is 225 Å². The van der Waals surface area contributed by atoms with Crippen LogP contribution in [0.15, 0.2) is 84.9 Å². The molecule has 8 rings (SSSR count). The number of aromatic nitrogens is 4. The summed E-state index contributed by atoms with van der Waals surface area (Å²) in [6.45, 7) is 0. The summed E-state index contributed by atoms with van der Waals surface area (Å²) in [5.74, 6) is 0. The van der Waals surface area contributed by atoms with E-state index in [2.05, 4.69) is 129 Å². The Morgan fingerprint density at radius 2 is 1.00 bits per heavy atom. The number of fused-ring (bicyclic) bond motifs is 14. The predicted molar refractivity (Wildman–Crippen MR) is 148 cm³/mol. The SMILES string of the molecule is C1=c2ccc([nH]2)=Cc2ccc([nH]2)C=c2[nH]c(c3ccc4cc5ccccc5cc4c23)=Cc2ccc1[nH]2.[Pd]. The maximum Gasteiger partial charge on any atom is 0.0492 e. The summed E-state index contributed by atoms with van der Waals surface area (Å²) in [6, 6.07) is 30.4. The van der Waals surface area contributed by atoms with Crippen molar-refractivity contribution < 1.29 is 20.4 Å². The Hall–Kier alpha value is -4.30. The van der Waals surface area contributed by atoms with Gasteiger partial charge in [0.2, 0.25) is 0 Å². The number of hydrogen-bond donors (Lipinski definition) is 4. The van der Waals surface area contributed by atoms with Crippen molar-refractivity contribution in [3.05, 3.63) is 129 Å². The summed E-state index contributed by atoms with van der Waals surface area (Å²) >= 11 is 0. The number of H-pyrrole nitrogens is 4. The fourth-order valence-electron chi connectivity index (χ4n) is 5.47. The molecule has 0 amide bonds. The van der Waals surface area contributed by atoms with E-state index in [0.29, 0.717) is 0 Å². The van der Waals surface area contributed by atoms with Crippen LogP contribution in [0.4, 0.5) is 0 Å². The molecule has 7 aromatic rings. The van der Waals surface area contributed by atoms with Gasteiger partial charge in [0.05, 0.1) is 0 Å². The van der Waals surface area contributed by atoms with Crippen molar-refractivity contribution in [2.75, 3.05) is 0 Å². The molecule has 5 heterocycles. The normalized spacial score (nSPS) is 12.4. The van der Waals surface area contributed by atoms with Gasteiger partial charge in [0.1, 0.15) is 0 Å². The van der Waals surface area contributed by atoms with Gasteiger partial charge in [-0.3, -0.25) is 0 Å². The molecule has 0 unspecified atom stereocenters. The molecule has 0 fully saturated rings. The van der Waals surface area contributed by atoms with Crippen LogP contribution in [-0.4, -0.2) is 19.9 Å². The summed E-state index contributed by atoms with van der Waals surface area (Å²) in [4.78, 5) is 14.3. The molecule has 180 valence electrons. The monoisotopic (exact) mass is 568 g/mol. The molecule has 1 aliphatic heterocycles. The Morgan fingerprint density at radius 3 is 1.68 bits per heavy atom. The van der Waals surface area contributed by atoms with Crippen LogP contribution in [0.3, 0.4) is 0 Å². The molecule has 4 N–H and O–H groups in total. The third-order valence-corrected chi connectivity index (χ3v) is 7.13. The molecule has 0 saturated carbocycles. The summed E-state index contributed by atoms with van der Waals surface area (Å²) in [7, 11) is 0. The van der Waals surface area contributed by atoms with E-state index in [1.807, 2.05) is 0 Å². The van der Waals surface area contributed by atoms with Crippen LogP contribution < -0.4 is 21.4 Å². The Bertz CT molecular complexity index is 2220. The quantitative estimate of drug-likeness (QED) is 0.157. The molecule has 0 aliphatic carbocycles. The minimum atomic E-state index is 0. The number of nitrogens with one attached hydrogen (secondary N) is 4. The van der Waals surface area contributed by atoms with Crippen LogP contribution in [0.1, 0.15) is 22.8 Å². The third kappa shape index (κ3) is 3.72. The minimum absolute atomic E-state index is 0. The first kappa shape index (κ1) is 21.9. The molecule has 5 heteroatoms. The fraction of sp³-hybridized carbons (Fsp3) is 0. The Balaban J connectivity index is 0.00000231. The van der Waals surface area contributed by atoms with E-state index >= 15 is 0 Å². The average Bonchev–Trinajstić information content (AvgIpc) is 3.68. The van der Waals surface area contributed by atoms with E-state index in [1.165, 1.54) is 32.3 Å². The molecule has 0 saturated heterocycles. The van der Waals surface area contributed by atoms with E-state index < -0.39 is 0 Å². The second-order valence-corrected chi connectivity index (χ2v) is 9.55. The molecule has 0 radical (unpaired) electrons. The summed E-state index contributed by atoms with van der Waals surface area (Å²) in [5, 5.41) is 11.8. The van der Waals surface area contributed by atoms with E-state index in [-0.39, 0.29) is 20.4 Å². The first-order chi connectivity index (χ1) is 17.7.